The third kappa shape index (κ3) is 1.78. The summed E-state index contributed by atoms with van der Waals surface area (Å²) >= 11 is 0. The van der Waals surface area contributed by atoms with Gasteiger partial charge >= 0.3 is 0 Å². The van der Waals surface area contributed by atoms with Crippen LogP contribution in [0, 0.1) is 10.1 Å². The molecule has 3 rings (SSSR count). The largest absolute Gasteiger partial charge is 0.350 e. The molecule has 0 spiro atoms. The molecule has 0 unspecified atom stereocenters. The fraction of sp³-hybridized carbons (Fsp3) is 0.0667. The minimum Gasteiger partial charge on any atom is -0.350 e. The summed E-state index contributed by atoms with van der Waals surface area (Å²) in [6, 6.07) is 14.7. The van der Waals surface area contributed by atoms with Gasteiger partial charge in [-0.3, -0.25) is 10.1 Å². The molecule has 2 aromatic carbocycles. The number of hydrogen-bond acceptors (Lipinski definition) is 2. The van der Waals surface area contributed by atoms with E-state index < -0.39 is 0 Å². The number of para-hydroxylation sites is 2. The molecule has 4 nitrogen and oxygen atoms in total. The lowest BCUT2D eigenvalue weighted by atomic mass is 10.0. The van der Waals surface area contributed by atoms with Crippen molar-refractivity contribution < 1.29 is 4.92 Å². The summed E-state index contributed by atoms with van der Waals surface area (Å²) in [5, 5.41) is 12.2. The van der Waals surface area contributed by atoms with E-state index in [2.05, 4.69) is 0 Å². The number of benzene rings is 2. The highest BCUT2D eigenvalue weighted by molar-refractivity contribution is 5.98. The topological polar surface area (TPSA) is 48.1 Å². The lowest BCUT2D eigenvalue weighted by Crippen LogP contribution is -1.90. The van der Waals surface area contributed by atoms with Crippen LogP contribution in [0.15, 0.2) is 54.7 Å². The van der Waals surface area contributed by atoms with Gasteiger partial charge in [0, 0.05) is 35.8 Å². The monoisotopic (exact) mass is 252 g/mol. The number of aromatic nitrogens is 1. The van der Waals surface area contributed by atoms with E-state index in [1.54, 1.807) is 12.1 Å². The number of nitrogens with zero attached hydrogens (tertiary/aromatic N) is 2. The second-order valence-electron chi connectivity index (χ2n) is 4.45. The lowest BCUT2D eigenvalue weighted by Gasteiger charge is -2.01. The number of nitro benzene ring substituents is 1. The van der Waals surface area contributed by atoms with E-state index in [1.807, 2.05) is 48.1 Å². The lowest BCUT2D eigenvalue weighted by molar-refractivity contribution is -0.384. The average Bonchev–Trinajstić information content (AvgIpc) is 2.77. The van der Waals surface area contributed by atoms with Gasteiger partial charge in [-0.05, 0) is 12.1 Å². The first kappa shape index (κ1) is 11.5. The van der Waals surface area contributed by atoms with E-state index in [4.69, 9.17) is 0 Å². The Bertz CT molecular complexity index is 775. The highest BCUT2D eigenvalue weighted by Crippen LogP contribution is 2.35. The van der Waals surface area contributed by atoms with Gasteiger partial charge in [-0.15, -0.1) is 0 Å². The number of fused-ring (bicyclic) bond motifs is 1. The molecule has 0 atom stereocenters. The summed E-state index contributed by atoms with van der Waals surface area (Å²) in [7, 11) is 1.95. The van der Waals surface area contributed by atoms with Crippen molar-refractivity contribution in [3.05, 3.63) is 64.8 Å². The number of nitro groups is 1. The summed E-state index contributed by atoms with van der Waals surface area (Å²) in [4.78, 5) is 10.8. The van der Waals surface area contributed by atoms with Crippen molar-refractivity contribution in [3.8, 4) is 11.1 Å². The predicted molar refractivity (Wildman–Crippen MR) is 75.0 cm³/mol. The molecule has 0 bridgehead atoms. The van der Waals surface area contributed by atoms with E-state index in [9.17, 15) is 10.1 Å². The Hall–Kier alpha value is -2.62. The molecule has 0 saturated heterocycles. The smallest absolute Gasteiger partial charge is 0.277 e. The Labute approximate surface area is 110 Å². The van der Waals surface area contributed by atoms with Crippen LogP contribution in [0.25, 0.3) is 22.0 Å². The molecular weight excluding hydrogens is 240 g/mol. The Kier molecular flexibility index (Phi) is 2.56. The van der Waals surface area contributed by atoms with Crippen molar-refractivity contribution in [1.29, 1.82) is 0 Å². The third-order valence-electron chi connectivity index (χ3n) is 3.29. The highest BCUT2D eigenvalue weighted by Gasteiger charge is 2.17. The molecule has 0 aliphatic heterocycles. The van der Waals surface area contributed by atoms with Gasteiger partial charge in [0.1, 0.15) is 0 Å². The molecule has 4 heteroatoms. The molecule has 0 saturated carbocycles. The predicted octanol–water partition coefficient (Wildman–Crippen LogP) is 3.75. The molecule has 0 fully saturated rings. The minimum atomic E-state index is -0.336. The van der Waals surface area contributed by atoms with Gasteiger partial charge in [0.05, 0.1) is 10.5 Å². The fourth-order valence-electron chi connectivity index (χ4n) is 2.42. The Balaban J connectivity index is 2.34. The standard InChI is InChI=1S/C15H12N2O2/c1-16-10-13(11-6-2-4-8-14(11)16)12-7-3-5-9-15(12)17(18)19/h2-10H,1H3. The second-order valence-corrected chi connectivity index (χ2v) is 4.45. The van der Waals surface area contributed by atoms with Crippen molar-refractivity contribution in [1.82, 2.24) is 4.57 Å². The van der Waals surface area contributed by atoms with Crippen LogP contribution in [0.5, 0.6) is 0 Å². The van der Waals surface area contributed by atoms with E-state index in [0.29, 0.717) is 5.56 Å². The summed E-state index contributed by atoms with van der Waals surface area (Å²) in [5.41, 5.74) is 2.75. The molecule has 0 amide bonds. The first-order chi connectivity index (χ1) is 9.18. The summed E-state index contributed by atoms with van der Waals surface area (Å²) in [5.74, 6) is 0. The van der Waals surface area contributed by atoms with E-state index in [1.165, 1.54) is 6.07 Å². The summed E-state index contributed by atoms with van der Waals surface area (Å²) in [6.07, 6.45) is 1.94. The van der Waals surface area contributed by atoms with Gasteiger partial charge in [-0.1, -0.05) is 30.3 Å². The van der Waals surface area contributed by atoms with Crippen LogP contribution >= 0.6 is 0 Å². The summed E-state index contributed by atoms with van der Waals surface area (Å²) < 4.78 is 1.99. The van der Waals surface area contributed by atoms with Crippen molar-refractivity contribution >= 4 is 16.6 Å². The molecule has 19 heavy (non-hydrogen) atoms. The zero-order valence-corrected chi connectivity index (χ0v) is 10.4. The van der Waals surface area contributed by atoms with Crippen molar-refractivity contribution in [2.24, 2.45) is 7.05 Å². The van der Waals surface area contributed by atoms with Crippen LogP contribution in [0.4, 0.5) is 5.69 Å². The first-order valence-corrected chi connectivity index (χ1v) is 5.96. The molecule has 1 aromatic heterocycles. The van der Waals surface area contributed by atoms with E-state index in [0.717, 1.165) is 16.5 Å². The molecule has 3 aromatic rings. The quantitative estimate of drug-likeness (QED) is 0.515. The third-order valence-corrected chi connectivity index (χ3v) is 3.29. The van der Waals surface area contributed by atoms with Crippen LogP contribution in [-0.4, -0.2) is 9.49 Å². The molecule has 0 N–H and O–H groups in total. The van der Waals surface area contributed by atoms with Gasteiger partial charge in [0.15, 0.2) is 0 Å². The van der Waals surface area contributed by atoms with Gasteiger partial charge in [0.2, 0.25) is 0 Å². The van der Waals surface area contributed by atoms with E-state index in [-0.39, 0.29) is 10.6 Å². The van der Waals surface area contributed by atoms with Gasteiger partial charge in [0.25, 0.3) is 5.69 Å². The summed E-state index contributed by atoms with van der Waals surface area (Å²) in [6.45, 7) is 0. The Morgan fingerprint density at radius 1 is 1.00 bits per heavy atom. The maximum atomic E-state index is 11.1. The maximum Gasteiger partial charge on any atom is 0.277 e. The first-order valence-electron chi connectivity index (χ1n) is 5.96. The van der Waals surface area contributed by atoms with Crippen molar-refractivity contribution in [3.63, 3.8) is 0 Å². The molecule has 0 radical (unpaired) electrons. The highest BCUT2D eigenvalue weighted by atomic mass is 16.6. The molecule has 94 valence electrons. The molecule has 0 aliphatic rings. The van der Waals surface area contributed by atoms with Crippen LogP contribution in [0.2, 0.25) is 0 Å². The number of aryl methyl sites for hydroxylation is 1. The van der Waals surface area contributed by atoms with Crippen LogP contribution in [0.3, 0.4) is 0 Å². The van der Waals surface area contributed by atoms with Crippen molar-refractivity contribution in [2.75, 3.05) is 0 Å². The number of hydrogen-bond donors (Lipinski definition) is 0. The maximum absolute atomic E-state index is 11.1. The SMILES string of the molecule is Cn1cc(-c2ccccc2[N+](=O)[O-])c2ccccc21. The molecular formula is C15H12N2O2. The molecule has 0 aliphatic carbocycles. The Morgan fingerprint density at radius 3 is 2.47 bits per heavy atom. The Morgan fingerprint density at radius 2 is 1.68 bits per heavy atom. The van der Waals surface area contributed by atoms with Crippen molar-refractivity contribution in [2.45, 2.75) is 0 Å². The normalized spacial score (nSPS) is 10.8. The van der Waals surface area contributed by atoms with Crippen LogP contribution < -0.4 is 0 Å². The van der Waals surface area contributed by atoms with E-state index >= 15 is 0 Å². The van der Waals surface area contributed by atoms with Gasteiger partial charge in [-0.25, -0.2) is 0 Å². The number of rotatable bonds is 2. The molecule has 1 heterocycles. The average molecular weight is 252 g/mol. The zero-order chi connectivity index (χ0) is 13.4. The van der Waals surface area contributed by atoms with Crippen LogP contribution in [0.1, 0.15) is 0 Å². The van der Waals surface area contributed by atoms with Gasteiger partial charge in [-0.2, -0.15) is 0 Å². The zero-order valence-electron chi connectivity index (χ0n) is 10.4. The van der Waals surface area contributed by atoms with Gasteiger partial charge < -0.3 is 4.57 Å². The van der Waals surface area contributed by atoms with Crippen LogP contribution in [-0.2, 0) is 7.05 Å². The minimum absolute atomic E-state index is 0.138. The fourth-order valence-corrected chi connectivity index (χ4v) is 2.42. The second kappa shape index (κ2) is 4.24.